The van der Waals surface area contributed by atoms with E-state index in [2.05, 4.69) is 45.4 Å². The molecule has 204 valence electrons. The van der Waals surface area contributed by atoms with Gasteiger partial charge in [0.25, 0.3) is 10.0 Å². The lowest BCUT2D eigenvalue weighted by molar-refractivity contribution is 0.201. The molecule has 0 bridgehead atoms. The highest BCUT2D eigenvalue weighted by Gasteiger charge is 2.22. The van der Waals surface area contributed by atoms with Crippen molar-refractivity contribution in [3.63, 3.8) is 0 Å². The van der Waals surface area contributed by atoms with Crippen molar-refractivity contribution in [2.24, 2.45) is 0 Å². The molecular weight excluding hydrogens is 558 g/mol. The molecule has 0 atom stereocenters. The average molecular weight is 586 g/mol. The number of hydrogen-bond donors (Lipinski definition) is 1. The van der Waals surface area contributed by atoms with E-state index in [0.29, 0.717) is 16.1 Å². The summed E-state index contributed by atoms with van der Waals surface area (Å²) in [6, 6.07) is 13.9. The standard InChI is InChI=1S/C27H28ClN5O4S2/c1-27(2,3)19-7-11-22(12-8-19)39(34,35)33-24-23(18-5-9-20(28)10-6-18)25(32-17-31-24)36-13-14-37-26-29-15-21(38-4)16-30-26/h5-12,15-17H,13-14H2,1-4H3,(H,31,32,33). The number of thioether (sulfide) groups is 1. The van der Waals surface area contributed by atoms with E-state index in [9.17, 15) is 8.42 Å². The highest BCUT2D eigenvalue weighted by molar-refractivity contribution is 7.98. The third-order valence-corrected chi connectivity index (χ3v) is 7.89. The van der Waals surface area contributed by atoms with Crippen molar-refractivity contribution < 1.29 is 17.9 Å². The van der Waals surface area contributed by atoms with E-state index in [0.717, 1.165) is 10.5 Å². The van der Waals surface area contributed by atoms with E-state index in [1.54, 1.807) is 48.8 Å². The molecule has 0 radical (unpaired) electrons. The van der Waals surface area contributed by atoms with Crippen LogP contribution in [0.1, 0.15) is 26.3 Å². The largest absolute Gasteiger partial charge is 0.473 e. The van der Waals surface area contributed by atoms with E-state index in [1.165, 1.54) is 18.1 Å². The predicted molar refractivity (Wildman–Crippen MR) is 153 cm³/mol. The summed E-state index contributed by atoms with van der Waals surface area (Å²) in [6.07, 6.45) is 6.52. The number of rotatable bonds is 10. The Labute approximate surface area is 237 Å². The number of aromatic nitrogens is 4. The second kappa shape index (κ2) is 12.2. The number of nitrogens with zero attached hydrogens (tertiary/aromatic N) is 4. The van der Waals surface area contributed by atoms with Crippen LogP contribution in [0.3, 0.4) is 0 Å². The second-order valence-electron chi connectivity index (χ2n) is 9.39. The second-order valence-corrected chi connectivity index (χ2v) is 12.4. The van der Waals surface area contributed by atoms with Crippen molar-refractivity contribution >= 4 is 39.2 Å². The molecule has 9 nitrogen and oxygen atoms in total. The van der Waals surface area contributed by atoms with Gasteiger partial charge in [-0.3, -0.25) is 4.72 Å². The van der Waals surface area contributed by atoms with E-state index >= 15 is 0 Å². The van der Waals surface area contributed by atoms with Gasteiger partial charge in [-0.15, -0.1) is 11.8 Å². The van der Waals surface area contributed by atoms with Crippen LogP contribution in [-0.2, 0) is 15.4 Å². The number of nitrogens with one attached hydrogen (secondary N) is 1. The summed E-state index contributed by atoms with van der Waals surface area (Å²) in [5, 5.41) is 0.528. The van der Waals surface area contributed by atoms with Crippen LogP contribution in [0.25, 0.3) is 11.1 Å². The Hall–Kier alpha value is -3.41. The van der Waals surface area contributed by atoms with Crippen molar-refractivity contribution in [2.45, 2.75) is 36.0 Å². The van der Waals surface area contributed by atoms with Crippen LogP contribution >= 0.6 is 23.4 Å². The SMILES string of the molecule is CSc1cnc(OCCOc2ncnc(NS(=O)(=O)c3ccc(C(C)(C)C)cc3)c2-c2ccc(Cl)cc2)nc1. The number of anilines is 1. The van der Waals surface area contributed by atoms with Crippen LogP contribution in [0, 0.1) is 0 Å². The minimum Gasteiger partial charge on any atom is -0.473 e. The van der Waals surface area contributed by atoms with Gasteiger partial charge in [-0.1, -0.05) is 56.6 Å². The highest BCUT2D eigenvalue weighted by atomic mass is 35.5. The van der Waals surface area contributed by atoms with Gasteiger partial charge in [-0.05, 0) is 47.1 Å². The lowest BCUT2D eigenvalue weighted by atomic mass is 9.87. The van der Waals surface area contributed by atoms with Crippen molar-refractivity contribution in [1.82, 2.24) is 19.9 Å². The Kier molecular flexibility index (Phi) is 8.94. The summed E-state index contributed by atoms with van der Waals surface area (Å²) in [5.41, 5.74) is 1.90. The Morgan fingerprint density at radius 1 is 0.897 bits per heavy atom. The number of hydrogen-bond acceptors (Lipinski definition) is 9. The maximum Gasteiger partial charge on any atom is 0.316 e. The molecule has 0 saturated heterocycles. The molecule has 1 N–H and O–H groups in total. The fourth-order valence-corrected chi connectivity index (χ4v) is 4.97. The van der Waals surface area contributed by atoms with Gasteiger partial charge in [0.2, 0.25) is 5.88 Å². The van der Waals surface area contributed by atoms with Crippen LogP contribution < -0.4 is 14.2 Å². The van der Waals surface area contributed by atoms with Crippen LogP contribution in [0.15, 0.2) is 77.0 Å². The first-order chi connectivity index (χ1) is 18.6. The first kappa shape index (κ1) is 28.6. The molecule has 4 aromatic rings. The molecular formula is C27H28ClN5O4S2. The number of sulfonamides is 1. The zero-order valence-electron chi connectivity index (χ0n) is 21.9. The Bertz CT molecular complexity index is 1510. The molecule has 0 unspecified atom stereocenters. The van der Waals surface area contributed by atoms with Crippen LogP contribution in [0.2, 0.25) is 5.02 Å². The molecule has 0 aliphatic heterocycles. The van der Waals surface area contributed by atoms with Crippen molar-refractivity contribution in [2.75, 3.05) is 24.2 Å². The fourth-order valence-electron chi connectivity index (χ4n) is 3.51. The zero-order valence-corrected chi connectivity index (χ0v) is 24.3. The van der Waals surface area contributed by atoms with E-state index in [1.807, 2.05) is 18.4 Å². The third-order valence-electron chi connectivity index (χ3n) is 5.60. The minimum atomic E-state index is -3.96. The Morgan fingerprint density at radius 2 is 1.54 bits per heavy atom. The molecule has 2 heterocycles. The first-order valence-corrected chi connectivity index (χ1v) is 15.0. The fraction of sp³-hybridized carbons (Fsp3) is 0.259. The molecule has 0 aliphatic rings. The van der Waals surface area contributed by atoms with Gasteiger partial charge in [-0.2, -0.15) is 0 Å². The molecule has 12 heteroatoms. The Balaban J connectivity index is 1.58. The van der Waals surface area contributed by atoms with Gasteiger partial charge >= 0.3 is 6.01 Å². The lowest BCUT2D eigenvalue weighted by Gasteiger charge is -2.19. The van der Waals surface area contributed by atoms with Crippen LogP contribution in [0.5, 0.6) is 11.9 Å². The van der Waals surface area contributed by atoms with Gasteiger partial charge < -0.3 is 9.47 Å². The number of halogens is 1. The molecule has 39 heavy (non-hydrogen) atoms. The summed E-state index contributed by atoms with van der Waals surface area (Å²) in [6.45, 7) is 6.44. The maximum atomic E-state index is 13.3. The summed E-state index contributed by atoms with van der Waals surface area (Å²) >= 11 is 7.62. The molecule has 4 rings (SSSR count). The van der Waals surface area contributed by atoms with Gasteiger partial charge in [-0.25, -0.2) is 28.4 Å². The molecule has 0 amide bonds. The molecule has 2 aromatic carbocycles. The average Bonchev–Trinajstić information content (AvgIpc) is 2.91. The molecule has 2 aromatic heterocycles. The number of ether oxygens (including phenoxy) is 2. The summed E-state index contributed by atoms with van der Waals surface area (Å²) in [5.74, 6) is 0.245. The monoisotopic (exact) mass is 585 g/mol. The van der Waals surface area contributed by atoms with Gasteiger partial charge in [0.15, 0.2) is 5.82 Å². The van der Waals surface area contributed by atoms with E-state index < -0.39 is 10.0 Å². The normalized spacial score (nSPS) is 11.7. The quantitative estimate of drug-likeness (QED) is 0.180. The molecule has 0 saturated carbocycles. The highest BCUT2D eigenvalue weighted by Crippen LogP contribution is 2.35. The third kappa shape index (κ3) is 7.37. The van der Waals surface area contributed by atoms with Crippen molar-refractivity contribution in [3.8, 4) is 23.0 Å². The summed E-state index contributed by atoms with van der Waals surface area (Å²) in [4.78, 5) is 17.8. The van der Waals surface area contributed by atoms with Gasteiger partial charge in [0.05, 0.1) is 10.5 Å². The van der Waals surface area contributed by atoms with E-state index in [-0.39, 0.29) is 41.2 Å². The number of benzene rings is 2. The van der Waals surface area contributed by atoms with Crippen molar-refractivity contribution in [1.29, 1.82) is 0 Å². The van der Waals surface area contributed by atoms with Gasteiger partial charge in [0.1, 0.15) is 19.5 Å². The first-order valence-electron chi connectivity index (χ1n) is 11.9. The smallest absolute Gasteiger partial charge is 0.316 e. The van der Waals surface area contributed by atoms with E-state index in [4.69, 9.17) is 21.1 Å². The van der Waals surface area contributed by atoms with Crippen molar-refractivity contribution in [3.05, 3.63) is 77.8 Å². The van der Waals surface area contributed by atoms with Crippen LogP contribution in [-0.4, -0.2) is 47.8 Å². The van der Waals surface area contributed by atoms with Gasteiger partial charge in [0, 0.05) is 22.3 Å². The lowest BCUT2D eigenvalue weighted by Crippen LogP contribution is -2.17. The Morgan fingerprint density at radius 3 is 2.15 bits per heavy atom. The maximum absolute atomic E-state index is 13.3. The molecule has 0 fully saturated rings. The summed E-state index contributed by atoms with van der Waals surface area (Å²) < 4.78 is 40.7. The minimum absolute atomic E-state index is 0.0686. The predicted octanol–water partition coefficient (Wildman–Crippen LogP) is 5.87. The van der Waals surface area contributed by atoms with Crippen LogP contribution in [0.4, 0.5) is 5.82 Å². The topological polar surface area (TPSA) is 116 Å². The molecule has 0 spiro atoms. The molecule has 0 aliphatic carbocycles. The zero-order chi connectivity index (χ0) is 28.0. The summed E-state index contributed by atoms with van der Waals surface area (Å²) in [7, 11) is -3.96.